The molecule has 5 nitrogen and oxygen atoms in total. The van der Waals surface area contributed by atoms with E-state index in [1.165, 1.54) is 0 Å². The normalized spacial score (nSPS) is 13.2. The smallest absolute Gasteiger partial charge is 0.334 e. The Morgan fingerprint density at radius 1 is 1.25 bits per heavy atom. The monoisotopic (exact) mass is 232 g/mol. The van der Waals surface area contributed by atoms with E-state index in [1.807, 2.05) is 0 Å². The van der Waals surface area contributed by atoms with E-state index in [0.717, 1.165) is 5.57 Å². The molecule has 0 amide bonds. The molecule has 0 aliphatic carbocycles. The first-order valence-electron chi connectivity index (χ1n) is 5.22. The van der Waals surface area contributed by atoms with E-state index in [4.69, 9.17) is 20.1 Å². The van der Waals surface area contributed by atoms with Crippen molar-refractivity contribution < 1.29 is 24.9 Å². The van der Waals surface area contributed by atoms with Crippen LogP contribution in [0.1, 0.15) is 40.5 Å². The Morgan fingerprint density at radius 2 is 1.75 bits per heavy atom. The van der Waals surface area contributed by atoms with Gasteiger partial charge in [-0.2, -0.15) is 0 Å². The molecular formula is C11H20O5. The van der Waals surface area contributed by atoms with Crippen LogP contribution in [0.4, 0.5) is 0 Å². The minimum absolute atomic E-state index is 0.172. The van der Waals surface area contributed by atoms with Crippen LogP contribution in [0.15, 0.2) is 11.1 Å². The number of aliphatic hydroxyl groups is 3. The number of ether oxygens (including phenoxy) is 1. The van der Waals surface area contributed by atoms with E-state index in [2.05, 4.69) is 0 Å². The van der Waals surface area contributed by atoms with Gasteiger partial charge < -0.3 is 20.1 Å². The summed E-state index contributed by atoms with van der Waals surface area (Å²) in [5, 5.41) is 27.0. The number of hydrogen-bond donors (Lipinski definition) is 3. The van der Waals surface area contributed by atoms with Gasteiger partial charge in [0, 0.05) is 5.57 Å². The molecule has 16 heavy (non-hydrogen) atoms. The van der Waals surface area contributed by atoms with Crippen molar-refractivity contribution in [2.45, 2.75) is 52.6 Å². The lowest BCUT2D eigenvalue weighted by atomic mass is 10.1. The predicted octanol–water partition coefficient (Wildman–Crippen LogP) is 0.685. The van der Waals surface area contributed by atoms with E-state index >= 15 is 0 Å². The maximum absolute atomic E-state index is 11.5. The second-order valence-corrected chi connectivity index (χ2v) is 3.99. The highest BCUT2D eigenvalue weighted by molar-refractivity contribution is 5.88. The number of hydrogen-bond acceptors (Lipinski definition) is 5. The third-order valence-corrected chi connectivity index (χ3v) is 2.29. The van der Waals surface area contributed by atoms with Crippen molar-refractivity contribution in [2.75, 3.05) is 0 Å². The maximum Gasteiger partial charge on any atom is 0.334 e. The standard InChI is InChI=1S/C11H20O5/c1-5-6-9(11(13,14)15)16-10(12)8(4)7(2)3/h9,13-15H,5-6H2,1-4H3. The molecule has 0 heterocycles. The Kier molecular flexibility index (Phi) is 5.64. The molecule has 0 saturated heterocycles. The van der Waals surface area contributed by atoms with Crippen molar-refractivity contribution in [2.24, 2.45) is 0 Å². The first-order chi connectivity index (χ1) is 7.20. The third kappa shape index (κ3) is 4.74. The fraction of sp³-hybridized carbons (Fsp3) is 0.727. The Labute approximate surface area is 95.4 Å². The summed E-state index contributed by atoms with van der Waals surface area (Å²) in [5.41, 5.74) is 1.17. The molecule has 1 unspecified atom stereocenters. The van der Waals surface area contributed by atoms with Gasteiger partial charge in [0.2, 0.25) is 0 Å². The van der Waals surface area contributed by atoms with Crippen molar-refractivity contribution in [3.8, 4) is 0 Å². The number of esters is 1. The highest BCUT2D eigenvalue weighted by Gasteiger charge is 2.35. The van der Waals surface area contributed by atoms with Crippen molar-refractivity contribution in [1.82, 2.24) is 0 Å². The van der Waals surface area contributed by atoms with Crippen LogP contribution in [0.5, 0.6) is 0 Å². The number of carbonyl (C=O) groups is 1. The van der Waals surface area contributed by atoms with Crippen molar-refractivity contribution in [1.29, 1.82) is 0 Å². The van der Waals surface area contributed by atoms with Crippen LogP contribution in [0, 0.1) is 0 Å². The Morgan fingerprint density at radius 3 is 2.06 bits per heavy atom. The number of allylic oxidation sites excluding steroid dienone is 1. The molecule has 0 fully saturated rings. The van der Waals surface area contributed by atoms with E-state index in [-0.39, 0.29) is 6.42 Å². The van der Waals surface area contributed by atoms with Crippen LogP contribution in [0.2, 0.25) is 0 Å². The largest absolute Gasteiger partial charge is 0.450 e. The second kappa shape index (κ2) is 5.98. The molecule has 3 N–H and O–H groups in total. The average molecular weight is 232 g/mol. The number of carbonyl (C=O) groups excluding carboxylic acids is 1. The SMILES string of the molecule is CCCC(OC(=O)C(C)=C(C)C)C(O)(O)O. The fourth-order valence-corrected chi connectivity index (χ4v) is 1.02. The van der Waals surface area contributed by atoms with Gasteiger partial charge in [0.05, 0.1) is 0 Å². The van der Waals surface area contributed by atoms with E-state index in [0.29, 0.717) is 12.0 Å². The highest BCUT2D eigenvalue weighted by Crippen LogP contribution is 2.16. The van der Waals surface area contributed by atoms with E-state index in [9.17, 15) is 4.79 Å². The summed E-state index contributed by atoms with van der Waals surface area (Å²) in [6.45, 7) is 6.85. The molecule has 0 spiro atoms. The van der Waals surface area contributed by atoms with E-state index in [1.54, 1.807) is 27.7 Å². The van der Waals surface area contributed by atoms with Gasteiger partial charge in [-0.1, -0.05) is 18.9 Å². The summed E-state index contributed by atoms with van der Waals surface area (Å²) in [6, 6.07) is 0. The second-order valence-electron chi connectivity index (χ2n) is 3.99. The Bertz CT molecular complexity index is 271. The third-order valence-electron chi connectivity index (χ3n) is 2.29. The summed E-state index contributed by atoms with van der Waals surface area (Å²) in [6.07, 6.45) is -0.611. The summed E-state index contributed by atoms with van der Waals surface area (Å²) < 4.78 is 4.83. The molecule has 0 aromatic heterocycles. The van der Waals surface area contributed by atoms with Gasteiger partial charge in [0.1, 0.15) is 0 Å². The van der Waals surface area contributed by atoms with Crippen molar-refractivity contribution in [3.63, 3.8) is 0 Å². The molecule has 5 heteroatoms. The molecule has 0 saturated carbocycles. The molecule has 0 aromatic rings. The molecule has 0 aliphatic heterocycles. The zero-order chi connectivity index (χ0) is 12.9. The molecule has 0 bridgehead atoms. The zero-order valence-electron chi connectivity index (χ0n) is 10.1. The van der Waals surface area contributed by atoms with Gasteiger partial charge in [-0.3, -0.25) is 0 Å². The van der Waals surface area contributed by atoms with Crippen LogP contribution in [0.25, 0.3) is 0 Å². The number of rotatable bonds is 5. The molecule has 94 valence electrons. The van der Waals surface area contributed by atoms with Gasteiger partial charge in [0.15, 0.2) is 6.10 Å². The first-order valence-corrected chi connectivity index (χ1v) is 5.22. The van der Waals surface area contributed by atoms with Gasteiger partial charge in [-0.15, -0.1) is 0 Å². The molecule has 0 aromatic carbocycles. The van der Waals surface area contributed by atoms with Gasteiger partial charge in [0.25, 0.3) is 0 Å². The molecule has 1 atom stereocenters. The van der Waals surface area contributed by atoms with Crippen LogP contribution < -0.4 is 0 Å². The summed E-state index contributed by atoms with van der Waals surface area (Å²) in [4.78, 5) is 11.5. The van der Waals surface area contributed by atoms with Gasteiger partial charge in [-0.05, 0) is 27.2 Å². The van der Waals surface area contributed by atoms with E-state index < -0.39 is 18.0 Å². The van der Waals surface area contributed by atoms with Gasteiger partial charge >= 0.3 is 11.9 Å². The maximum atomic E-state index is 11.5. The summed E-state index contributed by atoms with van der Waals surface area (Å²) in [5.74, 6) is -3.65. The summed E-state index contributed by atoms with van der Waals surface area (Å²) in [7, 11) is 0. The van der Waals surface area contributed by atoms with Crippen LogP contribution in [-0.2, 0) is 9.53 Å². The zero-order valence-corrected chi connectivity index (χ0v) is 10.1. The van der Waals surface area contributed by atoms with Crippen molar-refractivity contribution in [3.05, 3.63) is 11.1 Å². The highest BCUT2D eigenvalue weighted by atomic mass is 16.7. The molecule has 0 aliphatic rings. The summed E-state index contributed by atoms with van der Waals surface area (Å²) >= 11 is 0. The minimum Gasteiger partial charge on any atom is -0.450 e. The Hall–Kier alpha value is -0.910. The fourth-order valence-electron chi connectivity index (χ4n) is 1.02. The molecule has 0 radical (unpaired) electrons. The minimum atomic E-state index is -2.99. The topological polar surface area (TPSA) is 87.0 Å². The van der Waals surface area contributed by atoms with Crippen molar-refractivity contribution >= 4 is 5.97 Å². The molecule has 0 rings (SSSR count). The quantitative estimate of drug-likeness (QED) is 0.369. The van der Waals surface area contributed by atoms with Gasteiger partial charge in [-0.25, -0.2) is 4.79 Å². The molecular weight excluding hydrogens is 212 g/mol. The lowest BCUT2D eigenvalue weighted by Crippen LogP contribution is -2.44. The van der Waals surface area contributed by atoms with Crippen LogP contribution in [-0.4, -0.2) is 33.4 Å². The lowest BCUT2D eigenvalue weighted by Gasteiger charge is -2.25. The lowest BCUT2D eigenvalue weighted by molar-refractivity contribution is -0.356. The van der Waals surface area contributed by atoms with Crippen LogP contribution in [0.3, 0.4) is 0 Å². The first kappa shape index (κ1) is 15.1. The Balaban J connectivity index is 4.66. The predicted molar refractivity (Wildman–Crippen MR) is 58.2 cm³/mol. The average Bonchev–Trinajstić information content (AvgIpc) is 2.14. The van der Waals surface area contributed by atoms with Crippen LogP contribution >= 0.6 is 0 Å².